The van der Waals surface area contributed by atoms with E-state index >= 15 is 0 Å². The van der Waals surface area contributed by atoms with Crippen molar-refractivity contribution in [2.45, 2.75) is 6.61 Å². The van der Waals surface area contributed by atoms with E-state index in [1.165, 1.54) is 0 Å². The average Bonchev–Trinajstić information content (AvgIpc) is 2.09. The van der Waals surface area contributed by atoms with Crippen molar-refractivity contribution in [2.75, 3.05) is 0 Å². The summed E-state index contributed by atoms with van der Waals surface area (Å²) in [7, 11) is 0. The predicted molar refractivity (Wildman–Crippen MR) is 49.2 cm³/mol. The molecular formula is C8H5ClF2NO3. The summed E-state index contributed by atoms with van der Waals surface area (Å²) in [6.07, 6.45) is 0. The van der Waals surface area contributed by atoms with Crippen LogP contribution in [-0.4, -0.2) is 11.5 Å². The van der Waals surface area contributed by atoms with Crippen molar-refractivity contribution in [3.8, 4) is 5.75 Å². The highest BCUT2D eigenvalue weighted by molar-refractivity contribution is 6.34. The Morgan fingerprint density at radius 2 is 2.13 bits per heavy atom. The predicted octanol–water partition coefficient (Wildman–Crippen LogP) is 3.03. The number of benzene rings is 1. The molecule has 0 aliphatic rings. The van der Waals surface area contributed by atoms with Crippen LogP contribution < -0.4 is 4.74 Å². The maximum atomic E-state index is 11.9. The fraction of sp³-hybridized carbons (Fsp3) is 0.125. The van der Waals surface area contributed by atoms with E-state index in [1.807, 2.05) is 0 Å². The second-order valence-electron chi connectivity index (χ2n) is 2.56. The Kier molecular flexibility index (Phi) is 3.41. The summed E-state index contributed by atoms with van der Waals surface area (Å²) in [4.78, 5) is 9.67. The van der Waals surface area contributed by atoms with Gasteiger partial charge in [-0.15, -0.1) is 0 Å². The molecule has 0 saturated heterocycles. The standard InChI is InChI=1S/C8H5ClF2NO3/c1-4-2-5(12(13)14)7(9)6(3-4)15-8(10)11/h2-3,8H,1H2. The third-order valence-electron chi connectivity index (χ3n) is 1.49. The number of nitro benzene ring substituents is 1. The summed E-state index contributed by atoms with van der Waals surface area (Å²) in [5, 5.41) is 10.00. The Balaban J connectivity index is 3.22. The molecule has 1 rings (SSSR count). The molecule has 0 amide bonds. The molecule has 1 aromatic carbocycles. The van der Waals surface area contributed by atoms with Crippen LogP contribution in [0.3, 0.4) is 0 Å². The normalized spacial score (nSPS) is 10.5. The van der Waals surface area contributed by atoms with Gasteiger partial charge in [0.25, 0.3) is 5.69 Å². The van der Waals surface area contributed by atoms with Gasteiger partial charge in [0, 0.05) is 6.07 Å². The van der Waals surface area contributed by atoms with E-state index < -0.39 is 28.0 Å². The Morgan fingerprint density at radius 3 is 2.60 bits per heavy atom. The van der Waals surface area contributed by atoms with Crippen LogP contribution in [0.2, 0.25) is 5.02 Å². The zero-order valence-electron chi connectivity index (χ0n) is 7.25. The molecule has 0 atom stereocenters. The van der Waals surface area contributed by atoms with Crippen LogP contribution in [0.25, 0.3) is 0 Å². The zero-order chi connectivity index (χ0) is 11.6. The van der Waals surface area contributed by atoms with Gasteiger partial charge in [0.2, 0.25) is 0 Å². The first-order chi connectivity index (χ1) is 6.91. The van der Waals surface area contributed by atoms with Crippen LogP contribution >= 0.6 is 11.6 Å². The lowest BCUT2D eigenvalue weighted by atomic mass is 10.2. The van der Waals surface area contributed by atoms with Gasteiger partial charge in [-0.3, -0.25) is 10.1 Å². The molecule has 0 unspecified atom stereocenters. The van der Waals surface area contributed by atoms with E-state index in [2.05, 4.69) is 11.7 Å². The van der Waals surface area contributed by atoms with Crippen LogP contribution in [0, 0.1) is 17.0 Å². The molecular weight excluding hydrogens is 232 g/mol. The highest BCUT2D eigenvalue weighted by Crippen LogP contribution is 2.35. The minimum atomic E-state index is -3.09. The smallest absolute Gasteiger partial charge is 0.387 e. The molecule has 7 heteroatoms. The molecule has 81 valence electrons. The number of hydrogen-bond donors (Lipinski definition) is 0. The summed E-state index contributed by atoms with van der Waals surface area (Å²) in [5.41, 5.74) is -0.346. The van der Waals surface area contributed by atoms with Gasteiger partial charge in [-0.25, -0.2) is 0 Å². The number of ether oxygens (including phenoxy) is 1. The first-order valence-electron chi connectivity index (χ1n) is 3.66. The summed E-state index contributed by atoms with van der Waals surface area (Å²) in [5.74, 6) is -0.453. The molecule has 4 nitrogen and oxygen atoms in total. The van der Waals surface area contributed by atoms with Crippen LogP contribution in [0.4, 0.5) is 14.5 Å². The van der Waals surface area contributed by atoms with Crippen molar-refractivity contribution in [1.29, 1.82) is 0 Å². The Bertz CT molecular complexity index is 398. The first-order valence-corrected chi connectivity index (χ1v) is 4.04. The van der Waals surface area contributed by atoms with Gasteiger partial charge in [0.1, 0.15) is 0 Å². The van der Waals surface area contributed by atoms with Crippen LogP contribution in [-0.2, 0) is 0 Å². The van der Waals surface area contributed by atoms with Crippen molar-refractivity contribution in [3.05, 3.63) is 39.8 Å². The van der Waals surface area contributed by atoms with Crippen molar-refractivity contribution >= 4 is 17.3 Å². The molecule has 1 aromatic rings. The lowest BCUT2D eigenvalue weighted by Gasteiger charge is -2.07. The van der Waals surface area contributed by atoms with Crippen LogP contribution in [0.5, 0.6) is 5.75 Å². The van der Waals surface area contributed by atoms with E-state index in [4.69, 9.17) is 11.6 Å². The van der Waals surface area contributed by atoms with E-state index in [0.717, 1.165) is 12.1 Å². The van der Waals surface area contributed by atoms with Crippen LogP contribution in [0.15, 0.2) is 12.1 Å². The molecule has 1 radical (unpaired) electrons. The lowest BCUT2D eigenvalue weighted by molar-refractivity contribution is -0.384. The quantitative estimate of drug-likeness (QED) is 0.599. The molecule has 0 aliphatic carbocycles. The van der Waals surface area contributed by atoms with E-state index in [0.29, 0.717) is 0 Å². The van der Waals surface area contributed by atoms with Gasteiger partial charge in [-0.05, 0) is 18.6 Å². The fourth-order valence-electron chi connectivity index (χ4n) is 0.953. The molecule has 15 heavy (non-hydrogen) atoms. The largest absolute Gasteiger partial charge is 0.433 e. The summed E-state index contributed by atoms with van der Waals surface area (Å²) < 4.78 is 27.8. The van der Waals surface area contributed by atoms with Gasteiger partial charge >= 0.3 is 6.61 Å². The highest BCUT2D eigenvalue weighted by atomic mass is 35.5. The molecule has 0 aliphatic heterocycles. The monoisotopic (exact) mass is 236 g/mol. The van der Waals surface area contributed by atoms with Crippen LogP contribution in [0.1, 0.15) is 5.56 Å². The Labute approximate surface area is 88.6 Å². The molecule has 0 saturated carbocycles. The minimum Gasteiger partial charge on any atom is -0.433 e. The molecule has 0 bridgehead atoms. The lowest BCUT2D eigenvalue weighted by Crippen LogP contribution is -2.03. The van der Waals surface area contributed by atoms with Crippen molar-refractivity contribution < 1.29 is 18.4 Å². The Morgan fingerprint density at radius 1 is 1.53 bits per heavy atom. The maximum absolute atomic E-state index is 11.9. The summed E-state index contributed by atoms with van der Waals surface area (Å²) >= 11 is 5.49. The number of rotatable bonds is 3. The SMILES string of the molecule is [CH2]c1cc(OC(F)F)c(Cl)c([N+](=O)[O-])c1. The molecule has 0 heterocycles. The molecule has 0 aromatic heterocycles. The number of halogens is 3. The molecule has 0 spiro atoms. The van der Waals surface area contributed by atoms with Crippen molar-refractivity contribution in [3.63, 3.8) is 0 Å². The maximum Gasteiger partial charge on any atom is 0.387 e. The first kappa shape index (κ1) is 11.6. The third kappa shape index (κ3) is 2.76. The fourth-order valence-corrected chi connectivity index (χ4v) is 1.18. The van der Waals surface area contributed by atoms with Gasteiger partial charge < -0.3 is 4.74 Å². The second kappa shape index (κ2) is 4.39. The topological polar surface area (TPSA) is 52.4 Å². The van der Waals surface area contributed by atoms with Gasteiger partial charge in [0.15, 0.2) is 10.8 Å². The third-order valence-corrected chi connectivity index (χ3v) is 1.87. The number of nitro groups is 1. The van der Waals surface area contributed by atoms with E-state index in [1.54, 1.807) is 0 Å². The molecule has 0 fully saturated rings. The minimum absolute atomic E-state index is 0.168. The summed E-state index contributed by atoms with van der Waals surface area (Å²) in [6.45, 7) is 0.291. The molecule has 0 N–H and O–H groups in total. The average molecular weight is 237 g/mol. The second-order valence-corrected chi connectivity index (χ2v) is 2.94. The Hall–Kier alpha value is -1.43. The highest BCUT2D eigenvalue weighted by Gasteiger charge is 2.20. The number of nitrogens with zero attached hydrogens (tertiary/aromatic N) is 1. The van der Waals surface area contributed by atoms with Crippen molar-refractivity contribution in [1.82, 2.24) is 0 Å². The van der Waals surface area contributed by atoms with Gasteiger partial charge in [-0.1, -0.05) is 11.6 Å². The van der Waals surface area contributed by atoms with Gasteiger partial charge in [0.05, 0.1) is 4.92 Å². The van der Waals surface area contributed by atoms with Crippen molar-refractivity contribution in [2.24, 2.45) is 0 Å². The summed E-state index contributed by atoms with van der Waals surface area (Å²) in [6, 6.07) is 2.17. The number of hydrogen-bond acceptors (Lipinski definition) is 3. The zero-order valence-corrected chi connectivity index (χ0v) is 8.00. The van der Waals surface area contributed by atoms with E-state index in [-0.39, 0.29) is 5.56 Å². The van der Waals surface area contributed by atoms with Gasteiger partial charge in [-0.2, -0.15) is 8.78 Å². The number of alkyl halides is 2. The van der Waals surface area contributed by atoms with E-state index in [9.17, 15) is 18.9 Å².